The summed E-state index contributed by atoms with van der Waals surface area (Å²) < 4.78 is 22.2. The number of ether oxygens (including phenoxy) is 4. The molecule has 0 bridgehead atoms. The Kier molecular flexibility index (Phi) is 2.64. The number of amides is 1. The molecule has 2 atom stereocenters. The van der Waals surface area contributed by atoms with Crippen LogP contribution < -0.4 is 18.9 Å². The van der Waals surface area contributed by atoms with Crippen LogP contribution in [0.3, 0.4) is 0 Å². The molecule has 2 aromatic rings. The molecule has 3 aliphatic heterocycles. The minimum absolute atomic E-state index is 0.0614. The van der Waals surface area contributed by atoms with Crippen molar-refractivity contribution in [2.45, 2.75) is 18.4 Å². The van der Waals surface area contributed by atoms with E-state index in [1.54, 1.807) is 4.90 Å². The molecule has 0 saturated carbocycles. The van der Waals surface area contributed by atoms with Gasteiger partial charge in [0.25, 0.3) is 5.91 Å². The van der Waals surface area contributed by atoms with Crippen molar-refractivity contribution in [3.05, 3.63) is 52.6 Å². The molecule has 3 heterocycles. The number of rotatable bonds is 0. The first-order chi connectivity index (χ1) is 13.1. The number of likely N-dealkylation sites (N-methyl/N-ethyl adjacent to an activating group) is 1. The zero-order chi connectivity index (χ0) is 18.3. The molecule has 27 heavy (non-hydrogen) atoms. The summed E-state index contributed by atoms with van der Waals surface area (Å²) in [5, 5.41) is 0. The van der Waals surface area contributed by atoms with Crippen LogP contribution in [0.5, 0.6) is 23.0 Å². The Hall–Kier alpha value is -3.15. The molecule has 4 aliphatic rings. The molecular weight excluding hydrogens is 346 g/mol. The Labute approximate surface area is 155 Å². The van der Waals surface area contributed by atoms with Crippen molar-refractivity contribution in [1.29, 1.82) is 0 Å². The van der Waals surface area contributed by atoms with E-state index in [0.29, 0.717) is 17.1 Å². The lowest BCUT2D eigenvalue weighted by atomic mass is 9.65. The molecule has 2 aromatic carbocycles. The first kappa shape index (κ1) is 15.0. The van der Waals surface area contributed by atoms with Gasteiger partial charge in [0.1, 0.15) is 0 Å². The van der Waals surface area contributed by atoms with Gasteiger partial charge in [0.15, 0.2) is 23.0 Å². The van der Waals surface area contributed by atoms with Crippen LogP contribution in [-0.2, 0) is 5.41 Å². The van der Waals surface area contributed by atoms with Gasteiger partial charge in [0.05, 0.1) is 11.6 Å². The molecular formula is C21H17NO5. The van der Waals surface area contributed by atoms with E-state index in [2.05, 4.69) is 19.1 Å². The van der Waals surface area contributed by atoms with Gasteiger partial charge >= 0.3 is 0 Å². The Morgan fingerprint density at radius 2 is 1.78 bits per heavy atom. The number of carbonyl (C=O) groups excluding carboxylic acids is 1. The van der Waals surface area contributed by atoms with Crippen LogP contribution in [0.15, 0.2) is 30.3 Å². The topological polar surface area (TPSA) is 57.2 Å². The molecule has 0 unspecified atom stereocenters. The number of hydrogen-bond donors (Lipinski definition) is 0. The van der Waals surface area contributed by atoms with Crippen LogP contribution >= 0.6 is 0 Å². The Bertz CT molecular complexity index is 1060. The van der Waals surface area contributed by atoms with E-state index in [4.69, 9.17) is 18.9 Å². The van der Waals surface area contributed by atoms with E-state index in [1.165, 1.54) is 0 Å². The maximum atomic E-state index is 13.3. The quantitative estimate of drug-likeness (QED) is 0.719. The molecule has 0 fully saturated rings. The van der Waals surface area contributed by atoms with Gasteiger partial charge in [-0.3, -0.25) is 4.79 Å². The number of nitrogens with zero attached hydrogens (tertiary/aromatic N) is 1. The average Bonchev–Trinajstić information content (AvgIpc) is 3.32. The lowest BCUT2D eigenvalue weighted by molar-refractivity contribution is 0.0624. The fourth-order valence-electron chi connectivity index (χ4n) is 4.81. The third-order valence-corrected chi connectivity index (χ3v) is 6.09. The van der Waals surface area contributed by atoms with E-state index in [0.717, 1.165) is 28.2 Å². The number of hydrogen-bond acceptors (Lipinski definition) is 5. The highest BCUT2D eigenvalue weighted by Crippen LogP contribution is 2.55. The molecule has 6 nitrogen and oxygen atoms in total. The van der Waals surface area contributed by atoms with Crippen molar-refractivity contribution in [1.82, 2.24) is 4.90 Å². The fourth-order valence-corrected chi connectivity index (χ4v) is 4.81. The third-order valence-electron chi connectivity index (χ3n) is 6.09. The molecule has 1 amide bonds. The van der Waals surface area contributed by atoms with E-state index in [1.807, 2.05) is 31.3 Å². The zero-order valence-corrected chi connectivity index (χ0v) is 14.9. The molecule has 1 aliphatic carbocycles. The van der Waals surface area contributed by atoms with Crippen LogP contribution in [-0.4, -0.2) is 31.4 Å². The Morgan fingerprint density at radius 1 is 1.04 bits per heavy atom. The van der Waals surface area contributed by atoms with Gasteiger partial charge in [0.2, 0.25) is 13.6 Å². The highest BCUT2D eigenvalue weighted by atomic mass is 16.7. The largest absolute Gasteiger partial charge is 0.454 e. The first-order valence-corrected chi connectivity index (χ1v) is 8.91. The normalized spacial score (nSPS) is 25.9. The lowest BCUT2D eigenvalue weighted by Gasteiger charge is -2.48. The lowest BCUT2D eigenvalue weighted by Crippen LogP contribution is -2.49. The molecule has 136 valence electrons. The van der Waals surface area contributed by atoms with Gasteiger partial charge in [-0.2, -0.15) is 0 Å². The minimum atomic E-state index is -0.389. The van der Waals surface area contributed by atoms with Crippen molar-refractivity contribution >= 4 is 12.0 Å². The predicted octanol–water partition coefficient (Wildman–Crippen LogP) is 3.26. The van der Waals surface area contributed by atoms with Crippen LogP contribution in [0.4, 0.5) is 0 Å². The molecule has 0 saturated heterocycles. The third kappa shape index (κ3) is 1.73. The fraction of sp³-hybridized carbons (Fsp3) is 0.286. The van der Waals surface area contributed by atoms with Crippen molar-refractivity contribution in [2.75, 3.05) is 20.6 Å². The Morgan fingerprint density at radius 3 is 2.63 bits per heavy atom. The smallest absolute Gasteiger partial charge is 0.258 e. The second kappa shape index (κ2) is 4.76. The Balaban J connectivity index is 1.61. The van der Waals surface area contributed by atoms with Crippen molar-refractivity contribution in [2.24, 2.45) is 0 Å². The summed E-state index contributed by atoms with van der Waals surface area (Å²) in [6.07, 6.45) is 4.28. The molecule has 0 radical (unpaired) electrons. The summed E-state index contributed by atoms with van der Waals surface area (Å²) in [6, 6.07) is 7.73. The number of benzene rings is 2. The summed E-state index contributed by atoms with van der Waals surface area (Å²) in [6.45, 7) is 2.53. The van der Waals surface area contributed by atoms with Crippen molar-refractivity contribution in [3.8, 4) is 23.0 Å². The van der Waals surface area contributed by atoms with E-state index in [9.17, 15) is 4.79 Å². The predicted molar refractivity (Wildman–Crippen MR) is 96.4 cm³/mol. The summed E-state index contributed by atoms with van der Waals surface area (Å²) in [7, 11) is 1.84. The van der Waals surface area contributed by atoms with Crippen molar-refractivity contribution < 1.29 is 23.7 Å². The van der Waals surface area contributed by atoms with E-state index < -0.39 is 0 Å². The van der Waals surface area contributed by atoms with E-state index >= 15 is 0 Å². The van der Waals surface area contributed by atoms with Crippen LogP contribution in [0.2, 0.25) is 0 Å². The minimum Gasteiger partial charge on any atom is -0.454 e. The maximum absolute atomic E-state index is 13.3. The first-order valence-electron chi connectivity index (χ1n) is 8.91. The molecule has 0 spiro atoms. The van der Waals surface area contributed by atoms with Crippen LogP contribution in [0, 0.1) is 0 Å². The monoisotopic (exact) mass is 363 g/mol. The second-order valence-corrected chi connectivity index (χ2v) is 7.49. The number of fused-ring (bicyclic) bond motifs is 8. The van der Waals surface area contributed by atoms with Gasteiger partial charge < -0.3 is 23.8 Å². The molecule has 6 heteroatoms. The number of carbonyl (C=O) groups is 1. The average molecular weight is 363 g/mol. The molecule has 6 rings (SSSR count). The van der Waals surface area contributed by atoms with Gasteiger partial charge in [-0.05, 0) is 41.8 Å². The van der Waals surface area contributed by atoms with Gasteiger partial charge in [0, 0.05) is 12.5 Å². The van der Waals surface area contributed by atoms with Gasteiger partial charge in [-0.15, -0.1) is 0 Å². The van der Waals surface area contributed by atoms with E-state index in [-0.39, 0.29) is 30.9 Å². The van der Waals surface area contributed by atoms with Crippen LogP contribution in [0.25, 0.3) is 6.08 Å². The maximum Gasteiger partial charge on any atom is 0.258 e. The van der Waals surface area contributed by atoms with Crippen molar-refractivity contribution in [3.63, 3.8) is 0 Å². The molecule has 0 N–H and O–H groups in total. The standard InChI is InChI=1S/C21H17NO5/c1-21-6-5-11-7-15-16(26-9-25-15)8-12(11)19(21)22(2)20(23)17-13(21)3-4-14-18(17)27-10-24-14/h3-8,19H,9-10H2,1-2H3/t19-,21-/m1/s1. The summed E-state index contributed by atoms with van der Waals surface area (Å²) in [5.41, 5.74) is 3.27. The zero-order valence-electron chi connectivity index (χ0n) is 14.9. The van der Waals surface area contributed by atoms with Crippen LogP contribution in [0.1, 0.15) is 40.0 Å². The SMILES string of the molecule is CN1C(=O)c2c(ccc3c2OCO3)[C@@]2(C)C=Cc3cc4c(cc3[C@@H]12)OCO4. The highest BCUT2D eigenvalue weighted by molar-refractivity contribution is 6.02. The molecule has 0 aromatic heterocycles. The second-order valence-electron chi connectivity index (χ2n) is 7.49. The summed E-state index contributed by atoms with van der Waals surface area (Å²) >= 11 is 0. The highest BCUT2D eigenvalue weighted by Gasteiger charge is 2.50. The summed E-state index contributed by atoms with van der Waals surface area (Å²) in [4.78, 5) is 15.1. The van der Waals surface area contributed by atoms with Gasteiger partial charge in [-0.25, -0.2) is 0 Å². The summed E-state index contributed by atoms with van der Waals surface area (Å²) in [5.74, 6) is 2.59. The van der Waals surface area contributed by atoms with Gasteiger partial charge in [-0.1, -0.05) is 18.2 Å².